The van der Waals surface area contributed by atoms with E-state index in [9.17, 15) is 13.2 Å². The van der Waals surface area contributed by atoms with E-state index in [-0.39, 0.29) is 10.8 Å². The minimum Gasteiger partial charge on any atom is -0.352 e. The van der Waals surface area contributed by atoms with Gasteiger partial charge in [-0.2, -0.15) is 0 Å². The summed E-state index contributed by atoms with van der Waals surface area (Å²) in [5.74, 6) is 0.344. The molecule has 0 aromatic heterocycles. The first-order valence-corrected chi connectivity index (χ1v) is 9.82. The minimum atomic E-state index is -3.75. The molecular weight excluding hydrogens is 336 g/mol. The van der Waals surface area contributed by atoms with Crippen LogP contribution >= 0.6 is 0 Å². The summed E-state index contributed by atoms with van der Waals surface area (Å²) in [6, 6.07) is 11.7. The molecule has 6 heteroatoms. The Morgan fingerprint density at radius 1 is 1.08 bits per heavy atom. The lowest BCUT2D eigenvalue weighted by molar-refractivity contribution is 0.0951. The van der Waals surface area contributed by atoms with Gasteiger partial charge in [-0.25, -0.2) is 8.42 Å². The average molecular weight is 358 g/mol. The molecule has 0 atom stereocenters. The maximum Gasteiger partial charge on any atom is 0.261 e. The molecular formula is C19H22N2O3S. The summed E-state index contributed by atoms with van der Waals surface area (Å²) >= 11 is 0. The van der Waals surface area contributed by atoms with Crippen LogP contribution in [0.1, 0.15) is 34.3 Å². The zero-order valence-corrected chi connectivity index (χ0v) is 15.2. The molecule has 3 rings (SSSR count). The van der Waals surface area contributed by atoms with Gasteiger partial charge >= 0.3 is 0 Å². The minimum absolute atomic E-state index is 0.0789. The molecule has 1 amide bonds. The van der Waals surface area contributed by atoms with E-state index >= 15 is 0 Å². The van der Waals surface area contributed by atoms with Gasteiger partial charge in [0.2, 0.25) is 0 Å². The molecule has 0 aliphatic heterocycles. The number of anilines is 1. The summed E-state index contributed by atoms with van der Waals surface area (Å²) in [7, 11) is -3.75. The number of carbonyl (C=O) groups is 1. The molecule has 2 N–H and O–H groups in total. The third-order valence-corrected chi connectivity index (χ3v) is 5.69. The van der Waals surface area contributed by atoms with E-state index in [1.54, 1.807) is 25.1 Å². The summed E-state index contributed by atoms with van der Waals surface area (Å²) in [5.41, 5.74) is 2.69. The molecule has 2 aromatic carbocycles. The number of sulfonamides is 1. The van der Waals surface area contributed by atoms with Crippen molar-refractivity contribution in [2.75, 3.05) is 11.3 Å². The fourth-order valence-electron chi connectivity index (χ4n) is 2.50. The fraction of sp³-hybridized carbons (Fsp3) is 0.316. The molecule has 0 saturated heterocycles. The van der Waals surface area contributed by atoms with Crippen molar-refractivity contribution in [3.8, 4) is 0 Å². The first kappa shape index (κ1) is 17.5. The van der Waals surface area contributed by atoms with Gasteiger partial charge in [0.1, 0.15) is 0 Å². The van der Waals surface area contributed by atoms with Gasteiger partial charge in [0.05, 0.1) is 4.90 Å². The second-order valence-electron chi connectivity index (χ2n) is 6.60. The van der Waals surface area contributed by atoms with Crippen LogP contribution in [0.15, 0.2) is 47.4 Å². The highest BCUT2D eigenvalue weighted by Crippen LogP contribution is 2.28. The fourth-order valence-corrected chi connectivity index (χ4v) is 3.59. The van der Waals surface area contributed by atoms with E-state index in [2.05, 4.69) is 10.0 Å². The molecule has 5 nitrogen and oxygen atoms in total. The highest BCUT2D eigenvalue weighted by atomic mass is 32.2. The highest BCUT2D eigenvalue weighted by molar-refractivity contribution is 7.92. The summed E-state index contributed by atoms with van der Waals surface area (Å²) in [5, 5.41) is 2.88. The van der Waals surface area contributed by atoms with Crippen molar-refractivity contribution in [2.24, 2.45) is 5.92 Å². The monoisotopic (exact) mass is 358 g/mol. The van der Waals surface area contributed by atoms with Crippen molar-refractivity contribution in [1.82, 2.24) is 5.32 Å². The molecule has 1 aliphatic rings. The second-order valence-corrected chi connectivity index (χ2v) is 8.28. The Hall–Kier alpha value is -2.34. The lowest BCUT2D eigenvalue weighted by Crippen LogP contribution is -2.26. The standard InChI is InChI=1S/C19H22N2O3S/c1-13-3-8-16(9-4-13)21-25(23,24)17-10-5-14(2)18(11-17)19(22)20-12-15-6-7-15/h3-5,8-11,15,21H,6-7,12H2,1-2H3,(H,20,22). The third kappa shape index (κ3) is 4.39. The van der Waals surface area contributed by atoms with Gasteiger partial charge in [0, 0.05) is 17.8 Å². The number of benzene rings is 2. The lowest BCUT2D eigenvalue weighted by atomic mass is 10.1. The van der Waals surface area contributed by atoms with Crippen LogP contribution in [-0.2, 0) is 10.0 Å². The molecule has 25 heavy (non-hydrogen) atoms. The predicted octanol–water partition coefficient (Wildman–Crippen LogP) is 3.24. The van der Waals surface area contributed by atoms with Gasteiger partial charge in [-0.15, -0.1) is 0 Å². The van der Waals surface area contributed by atoms with Gasteiger partial charge in [-0.1, -0.05) is 23.8 Å². The van der Waals surface area contributed by atoms with E-state index in [1.807, 2.05) is 19.1 Å². The third-order valence-electron chi connectivity index (χ3n) is 4.32. The van der Waals surface area contributed by atoms with Crippen molar-refractivity contribution in [3.05, 3.63) is 59.2 Å². The largest absolute Gasteiger partial charge is 0.352 e. The van der Waals surface area contributed by atoms with E-state index in [4.69, 9.17) is 0 Å². The average Bonchev–Trinajstić information content (AvgIpc) is 3.39. The van der Waals surface area contributed by atoms with Gasteiger partial charge < -0.3 is 5.32 Å². The summed E-state index contributed by atoms with van der Waals surface area (Å²) < 4.78 is 27.8. The predicted molar refractivity (Wildman–Crippen MR) is 98.2 cm³/mol. The summed E-state index contributed by atoms with van der Waals surface area (Å²) in [6.45, 7) is 4.39. The lowest BCUT2D eigenvalue weighted by Gasteiger charge is -2.12. The van der Waals surface area contributed by atoms with Crippen molar-refractivity contribution in [2.45, 2.75) is 31.6 Å². The zero-order chi connectivity index (χ0) is 18.0. The number of rotatable bonds is 6. The number of nitrogens with one attached hydrogen (secondary N) is 2. The van der Waals surface area contributed by atoms with Crippen molar-refractivity contribution in [3.63, 3.8) is 0 Å². The van der Waals surface area contributed by atoms with Crippen LogP contribution in [0.2, 0.25) is 0 Å². The Bertz CT molecular complexity index is 885. The maximum atomic E-state index is 12.6. The molecule has 1 aliphatic carbocycles. The maximum absolute atomic E-state index is 12.6. The number of aryl methyl sites for hydroxylation is 2. The Morgan fingerprint density at radius 3 is 2.40 bits per heavy atom. The molecule has 0 radical (unpaired) electrons. The number of amides is 1. The van der Waals surface area contributed by atoms with Gasteiger partial charge in [0.25, 0.3) is 15.9 Å². The van der Waals surface area contributed by atoms with E-state index in [0.29, 0.717) is 23.7 Å². The normalized spacial score (nSPS) is 14.2. The SMILES string of the molecule is Cc1ccc(NS(=O)(=O)c2ccc(C)c(C(=O)NCC3CC3)c2)cc1. The van der Waals surface area contributed by atoms with Crippen molar-refractivity contribution < 1.29 is 13.2 Å². The van der Waals surface area contributed by atoms with Crippen LogP contribution in [0.5, 0.6) is 0 Å². The highest BCUT2D eigenvalue weighted by Gasteiger charge is 2.23. The van der Waals surface area contributed by atoms with E-state index in [0.717, 1.165) is 24.0 Å². The first-order valence-electron chi connectivity index (χ1n) is 8.33. The quantitative estimate of drug-likeness (QED) is 0.832. The van der Waals surface area contributed by atoms with Crippen molar-refractivity contribution >= 4 is 21.6 Å². The van der Waals surface area contributed by atoms with Crippen LogP contribution in [0.25, 0.3) is 0 Å². The van der Waals surface area contributed by atoms with E-state index < -0.39 is 10.0 Å². The molecule has 0 spiro atoms. The number of hydrogen-bond donors (Lipinski definition) is 2. The van der Waals surface area contributed by atoms with Gasteiger partial charge in [-0.05, 0) is 62.4 Å². The van der Waals surface area contributed by atoms with Gasteiger partial charge in [-0.3, -0.25) is 9.52 Å². The Labute approximate surface area is 148 Å². The van der Waals surface area contributed by atoms with Crippen LogP contribution in [-0.4, -0.2) is 20.9 Å². The number of hydrogen-bond acceptors (Lipinski definition) is 3. The summed E-state index contributed by atoms with van der Waals surface area (Å²) in [4.78, 5) is 12.4. The topological polar surface area (TPSA) is 75.3 Å². The molecule has 0 bridgehead atoms. The van der Waals surface area contributed by atoms with Crippen LogP contribution in [0.3, 0.4) is 0 Å². The van der Waals surface area contributed by atoms with Crippen molar-refractivity contribution in [1.29, 1.82) is 0 Å². The molecule has 0 unspecified atom stereocenters. The Kier molecular flexibility index (Phi) is 4.81. The van der Waals surface area contributed by atoms with E-state index in [1.165, 1.54) is 12.1 Å². The van der Waals surface area contributed by atoms with Crippen LogP contribution in [0, 0.1) is 19.8 Å². The first-order chi connectivity index (χ1) is 11.8. The smallest absolute Gasteiger partial charge is 0.261 e. The number of carbonyl (C=O) groups excluding carboxylic acids is 1. The summed E-state index contributed by atoms with van der Waals surface area (Å²) in [6.07, 6.45) is 2.29. The molecule has 1 fully saturated rings. The Balaban J connectivity index is 1.81. The van der Waals surface area contributed by atoms with Crippen LogP contribution in [0.4, 0.5) is 5.69 Å². The molecule has 0 heterocycles. The second kappa shape index (κ2) is 6.88. The zero-order valence-electron chi connectivity index (χ0n) is 14.4. The molecule has 2 aromatic rings. The molecule has 1 saturated carbocycles. The Morgan fingerprint density at radius 2 is 1.76 bits per heavy atom. The molecule has 132 valence electrons. The van der Waals surface area contributed by atoms with Crippen LogP contribution < -0.4 is 10.0 Å². The van der Waals surface area contributed by atoms with Gasteiger partial charge in [0.15, 0.2) is 0 Å².